The highest BCUT2D eigenvalue weighted by Crippen LogP contribution is 2.21. The lowest BCUT2D eigenvalue weighted by Gasteiger charge is -2.22. The molecule has 0 bridgehead atoms. The molecule has 2 heteroatoms. The van der Waals surface area contributed by atoms with E-state index in [0.29, 0.717) is 0 Å². The minimum Gasteiger partial charge on any atom is -0.373 e. The average Bonchev–Trinajstić information content (AvgIpc) is 2.29. The molecule has 0 aliphatic carbocycles. The van der Waals surface area contributed by atoms with Crippen LogP contribution in [0.25, 0.3) is 0 Å². The second-order valence-electron chi connectivity index (χ2n) is 3.25. The van der Waals surface area contributed by atoms with Crippen LogP contribution in [0.2, 0.25) is 0 Å². The molecule has 2 aliphatic rings. The molecule has 2 nitrogen and oxygen atoms in total. The van der Waals surface area contributed by atoms with E-state index in [2.05, 4.69) is 35.6 Å². The second-order valence-corrected chi connectivity index (χ2v) is 3.25. The van der Waals surface area contributed by atoms with E-state index in [1.807, 2.05) is 6.20 Å². The summed E-state index contributed by atoms with van der Waals surface area (Å²) in [6.07, 6.45) is 10.9. The largest absolute Gasteiger partial charge is 0.373 e. The van der Waals surface area contributed by atoms with Crippen LogP contribution in [0.5, 0.6) is 0 Å². The summed E-state index contributed by atoms with van der Waals surface area (Å²) in [6.45, 7) is 1.15. The molecular weight excluding hydrogens is 148 g/mol. The molecule has 0 spiro atoms. The van der Waals surface area contributed by atoms with Crippen molar-refractivity contribution in [3.63, 3.8) is 0 Å². The van der Waals surface area contributed by atoms with Gasteiger partial charge in [0, 0.05) is 26.0 Å². The first kappa shape index (κ1) is 7.47. The number of nitrogens with zero attached hydrogens (tertiary/aromatic N) is 1. The predicted molar refractivity (Wildman–Crippen MR) is 50.3 cm³/mol. The van der Waals surface area contributed by atoms with E-state index in [1.165, 1.54) is 24.1 Å². The lowest BCUT2D eigenvalue weighted by molar-refractivity contribution is 0.423. The third-order valence-electron chi connectivity index (χ3n) is 2.35. The van der Waals surface area contributed by atoms with Crippen LogP contribution in [0.4, 0.5) is 0 Å². The maximum Gasteiger partial charge on any atom is 0.0597 e. The molecule has 0 aromatic rings. The van der Waals surface area contributed by atoms with Crippen molar-refractivity contribution >= 4 is 0 Å². The molecule has 0 atom stereocenters. The van der Waals surface area contributed by atoms with Crippen molar-refractivity contribution in [1.29, 1.82) is 0 Å². The first-order valence-corrected chi connectivity index (χ1v) is 4.42. The fraction of sp³-hybridized carbons (Fsp3) is 0.400. The van der Waals surface area contributed by atoms with E-state index >= 15 is 0 Å². The number of fused-ring (bicyclic) bond motifs is 1. The number of dihydropyridines is 1. The highest BCUT2D eigenvalue weighted by molar-refractivity contribution is 5.41. The molecule has 0 aromatic heterocycles. The van der Waals surface area contributed by atoms with E-state index < -0.39 is 0 Å². The first-order chi connectivity index (χ1) is 5.88. The van der Waals surface area contributed by atoms with Gasteiger partial charge in [0.05, 0.1) is 5.70 Å². The van der Waals surface area contributed by atoms with Crippen molar-refractivity contribution in [3.8, 4) is 0 Å². The molecule has 1 N–H and O–H groups in total. The van der Waals surface area contributed by atoms with Gasteiger partial charge in [0.1, 0.15) is 0 Å². The van der Waals surface area contributed by atoms with E-state index in [4.69, 9.17) is 0 Å². The van der Waals surface area contributed by atoms with E-state index in [0.717, 1.165) is 6.54 Å². The summed E-state index contributed by atoms with van der Waals surface area (Å²) < 4.78 is 0. The molecule has 2 heterocycles. The Kier molecular flexibility index (Phi) is 1.90. The molecule has 64 valence electrons. The van der Waals surface area contributed by atoms with Crippen molar-refractivity contribution in [3.05, 3.63) is 35.8 Å². The third kappa shape index (κ3) is 1.24. The summed E-state index contributed by atoms with van der Waals surface area (Å²) in [5.74, 6) is 0. The highest BCUT2D eigenvalue weighted by atomic mass is 15.1. The molecule has 0 aromatic carbocycles. The Morgan fingerprint density at radius 1 is 1.50 bits per heavy atom. The summed E-state index contributed by atoms with van der Waals surface area (Å²) in [7, 11) is 2.14. The smallest absolute Gasteiger partial charge is 0.0597 e. The van der Waals surface area contributed by atoms with Gasteiger partial charge in [-0.2, -0.15) is 0 Å². The number of likely N-dealkylation sites (N-methyl/N-ethyl adjacent to an activating group) is 1. The number of rotatable bonds is 0. The molecule has 0 fully saturated rings. The summed E-state index contributed by atoms with van der Waals surface area (Å²) >= 11 is 0. The van der Waals surface area contributed by atoms with Crippen LogP contribution in [0.1, 0.15) is 12.8 Å². The Morgan fingerprint density at radius 3 is 3.33 bits per heavy atom. The summed E-state index contributed by atoms with van der Waals surface area (Å²) in [5, 5.41) is 3.12. The van der Waals surface area contributed by atoms with Crippen LogP contribution >= 0.6 is 0 Å². The molecular formula is C10H14N2. The Hall–Kier alpha value is -1.18. The number of allylic oxidation sites excluding steroid dienone is 2. The highest BCUT2D eigenvalue weighted by Gasteiger charge is 2.12. The first-order valence-electron chi connectivity index (χ1n) is 4.42. The minimum absolute atomic E-state index is 1.15. The molecule has 2 aliphatic heterocycles. The summed E-state index contributed by atoms with van der Waals surface area (Å²) in [5.41, 5.74) is 2.67. The van der Waals surface area contributed by atoms with Crippen molar-refractivity contribution in [2.75, 3.05) is 13.6 Å². The van der Waals surface area contributed by atoms with Crippen molar-refractivity contribution in [1.82, 2.24) is 10.2 Å². The Morgan fingerprint density at radius 2 is 2.42 bits per heavy atom. The Bertz CT molecular complexity index is 261. The van der Waals surface area contributed by atoms with Crippen LogP contribution in [0.3, 0.4) is 0 Å². The van der Waals surface area contributed by atoms with Gasteiger partial charge in [-0.3, -0.25) is 0 Å². The third-order valence-corrected chi connectivity index (χ3v) is 2.35. The van der Waals surface area contributed by atoms with Crippen LogP contribution < -0.4 is 5.32 Å². The maximum absolute atomic E-state index is 3.12. The van der Waals surface area contributed by atoms with Gasteiger partial charge in [-0.15, -0.1) is 0 Å². The zero-order chi connectivity index (χ0) is 8.39. The lowest BCUT2D eigenvalue weighted by atomic mass is 10.1. The maximum atomic E-state index is 3.12. The van der Waals surface area contributed by atoms with Gasteiger partial charge in [0.2, 0.25) is 0 Å². The van der Waals surface area contributed by atoms with E-state index in [9.17, 15) is 0 Å². The monoisotopic (exact) mass is 162 g/mol. The molecule has 0 amide bonds. The SMILES string of the molecule is CN1CCCC=C2C=CNC=C21. The van der Waals surface area contributed by atoms with Gasteiger partial charge in [-0.25, -0.2) is 0 Å². The Labute approximate surface area is 73.3 Å². The van der Waals surface area contributed by atoms with Gasteiger partial charge < -0.3 is 10.2 Å². The van der Waals surface area contributed by atoms with Gasteiger partial charge in [0.15, 0.2) is 0 Å². The number of nitrogens with one attached hydrogen (secondary N) is 1. The van der Waals surface area contributed by atoms with Crippen LogP contribution in [-0.2, 0) is 0 Å². The van der Waals surface area contributed by atoms with E-state index in [1.54, 1.807) is 0 Å². The number of hydrogen-bond donors (Lipinski definition) is 1. The fourth-order valence-corrected chi connectivity index (χ4v) is 1.64. The molecule has 2 rings (SSSR count). The van der Waals surface area contributed by atoms with Gasteiger partial charge in [-0.05, 0) is 24.5 Å². The van der Waals surface area contributed by atoms with Crippen LogP contribution in [-0.4, -0.2) is 18.5 Å². The standard InChI is InChI=1S/C10H14N2/c1-12-7-3-2-4-9-5-6-11-8-10(9)12/h4-6,8,11H,2-3,7H2,1H3. The summed E-state index contributed by atoms with van der Waals surface area (Å²) in [6, 6.07) is 0. The molecule has 0 saturated carbocycles. The predicted octanol–water partition coefficient (Wildman–Crippen LogP) is 1.60. The second kappa shape index (κ2) is 3.05. The van der Waals surface area contributed by atoms with Gasteiger partial charge in [0.25, 0.3) is 0 Å². The summed E-state index contributed by atoms with van der Waals surface area (Å²) in [4.78, 5) is 2.30. The number of hydrogen-bond acceptors (Lipinski definition) is 2. The normalized spacial score (nSPS) is 21.9. The Balaban J connectivity index is 2.30. The average molecular weight is 162 g/mol. The van der Waals surface area contributed by atoms with Gasteiger partial charge in [-0.1, -0.05) is 6.08 Å². The molecule has 12 heavy (non-hydrogen) atoms. The van der Waals surface area contributed by atoms with Crippen molar-refractivity contribution < 1.29 is 0 Å². The fourth-order valence-electron chi connectivity index (χ4n) is 1.64. The molecule has 0 saturated heterocycles. The van der Waals surface area contributed by atoms with E-state index in [-0.39, 0.29) is 0 Å². The topological polar surface area (TPSA) is 15.3 Å². The van der Waals surface area contributed by atoms with Crippen LogP contribution in [0, 0.1) is 0 Å². The molecule has 0 radical (unpaired) electrons. The van der Waals surface area contributed by atoms with Crippen LogP contribution in [0.15, 0.2) is 35.8 Å². The van der Waals surface area contributed by atoms with Gasteiger partial charge >= 0.3 is 0 Å². The quantitative estimate of drug-likeness (QED) is 0.582. The zero-order valence-electron chi connectivity index (χ0n) is 7.38. The molecule has 0 unspecified atom stereocenters. The minimum atomic E-state index is 1.15. The lowest BCUT2D eigenvalue weighted by Crippen LogP contribution is -2.21. The zero-order valence-corrected chi connectivity index (χ0v) is 7.38. The van der Waals surface area contributed by atoms with Crippen molar-refractivity contribution in [2.24, 2.45) is 0 Å². The van der Waals surface area contributed by atoms with Crippen molar-refractivity contribution in [2.45, 2.75) is 12.8 Å².